The van der Waals surface area contributed by atoms with E-state index in [1.807, 2.05) is 6.92 Å². The number of esters is 1. The van der Waals surface area contributed by atoms with Gasteiger partial charge in [0.05, 0.1) is 0 Å². The van der Waals surface area contributed by atoms with E-state index in [4.69, 9.17) is 9.47 Å². The van der Waals surface area contributed by atoms with E-state index in [1.54, 1.807) is 5.57 Å². The topological polar surface area (TPSA) is 35.5 Å². The van der Waals surface area contributed by atoms with Crippen LogP contribution in [0.25, 0.3) is 0 Å². The Labute approximate surface area is 180 Å². The van der Waals surface area contributed by atoms with Gasteiger partial charge >= 0.3 is 5.97 Å². The van der Waals surface area contributed by atoms with E-state index in [1.165, 1.54) is 32.1 Å². The van der Waals surface area contributed by atoms with E-state index in [-0.39, 0.29) is 11.4 Å². The van der Waals surface area contributed by atoms with Gasteiger partial charge in [-0.05, 0) is 80.0 Å². The number of hydrogen-bond donors (Lipinski definition) is 0. The van der Waals surface area contributed by atoms with E-state index in [0.717, 1.165) is 31.1 Å². The van der Waals surface area contributed by atoms with Crippen LogP contribution in [-0.4, -0.2) is 17.9 Å². The number of carbonyl (C=O) groups excluding carboxylic acids is 1. The van der Waals surface area contributed by atoms with Crippen LogP contribution in [0.4, 0.5) is 0 Å². The third kappa shape index (κ3) is 4.10. The number of hydrogen-bond acceptors (Lipinski definition) is 3. The summed E-state index contributed by atoms with van der Waals surface area (Å²) in [5.74, 6) is 2.04. The molecule has 2 saturated carbocycles. The highest BCUT2D eigenvalue weighted by molar-refractivity contribution is 9.11. The molecule has 0 aromatic carbocycles. The first-order valence-corrected chi connectivity index (χ1v) is 12.1. The van der Waals surface area contributed by atoms with E-state index >= 15 is 0 Å². The molecule has 0 spiro atoms. The van der Waals surface area contributed by atoms with Crippen LogP contribution in [0.1, 0.15) is 92.9 Å². The van der Waals surface area contributed by atoms with Crippen molar-refractivity contribution in [2.45, 2.75) is 105 Å². The smallest absolute Gasteiger partial charge is 0.340 e. The van der Waals surface area contributed by atoms with Crippen LogP contribution in [0, 0.1) is 28.6 Å². The molecule has 6 atom stereocenters. The molecule has 1 aliphatic heterocycles. The summed E-state index contributed by atoms with van der Waals surface area (Å²) >= 11 is 3.62. The number of halogens is 1. The Hall–Kier alpha value is -0.350. The maximum Gasteiger partial charge on any atom is 0.340 e. The molecule has 3 aliphatic rings. The molecule has 0 aromatic rings. The second-order valence-electron chi connectivity index (χ2n) is 11.1. The molecule has 28 heavy (non-hydrogen) atoms. The lowest BCUT2D eigenvalue weighted by Gasteiger charge is -2.44. The van der Waals surface area contributed by atoms with Crippen molar-refractivity contribution < 1.29 is 14.3 Å². The van der Waals surface area contributed by atoms with Crippen molar-refractivity contribution in [1.82, 2.24) is 0 Å². The fraction of sp³-hybridized carbons (Fsp3) is 0.875. The van der Waals surface area contributed by atoms with Crippen LogP contribution in [0.3, 0.4) is 0 Å². The van der Waals surface area contributed by atoms with Crippen LogP contribution >= 0.6 is 15.9 Å². The van der Waals surface area contributed by atoms with Gasteiger partial charge in [-0.3, -0.25) is 0 Å². The van der Waals surface area contributed by atoms with Gasteiger partial charge in [-0.2, -0.15) is 0 Å². The van der Waals surface area contributed by atoms with E-state index in [9.17, 15) is 4.79 Å². The van der Waals surface area contributed by atoms with E-state index in [0.29, 0.717) is 11.3 Å². The summed E-state index contributed by atoms with van der Waals surface area (Å²) in [6.07, 6.45) is 9.11. The Morgan fingerprint density at radius 3 is 2.61 bits per heavy atom. The average Bonchev–Trinajstić information content (AvgIpc) is 3.11. The lowest BCUT2D eigenvalue weighted by Crippen LogP contribution is -2.36. The third-order valence-corrected chi connectivity index (χ3v) is 8.49. The Morgan fingerprint density at radius 2 is 2.00 bits per heavy atom. The molecule has 0 radical (unpaired) electrons. The highest BCUT2D eigenvalue weighted by atomic mass is 79.9. The van der Waals surface area contributed by atoms with E-state index < -0.39 is 11.9 Å². The van der Waals surface area contributed by atoms with Crippen LogP contribution in [0.5, 0.6) is 0 Å². The molecule has 3 fully saturated rings. The molecule has 0 aromatic heterocycles. The van der Waals surface area contributed by atoms with Gasteiger partial charge in [-0.1, -0.05) is 62.5 Å². The van der Waals surface area contributed by atoms with Gasteiger partial charge in [-0.15, -0.1) is 0 Å². The zero-order chi connectivity index (χ0) is 20.7. The Morgan fingerprint density at radius 1 is 1.29 bits per heavy atom. The van der Waals surface area contributed by atoms with Crippen molar-refractivity contribution in [2.75, 3.05) is 0 Å². The molecule has 3 rings (SSSR count). The van der Waals surface area contributed by atoms with Gasteiger partial charge in [0.2, 0.25) is 6.29 Å². The maximum atomic E-state index is 12.4. The van der Waals surface area contributed by atoms with Gasteiger partial charge in [0, 0.05) is 5.41 Å². The highest BCUT2D eigenvalue weighted by Gasteiger charge is 2.52. The highest BCUT2D eigenvalue weighted by Crippen LogP contribution is 2.60. The molecule has 0 bridgehead atoms. The van der Waals surface area contributed by atoms with Gasteiger partial charge in [0.15, 0.2) is 5.60 Å². The number of allylic oxidation sites excluding steroid dienone is 1. The summed E-state index contributed by atoms with van der Waals surface area (Å²) in [5.41, 5.74) is 1.11. The van der Waals surface area contributed by atoms with Gasteiger partial charge in [-0.25, -0.2) is 4.79 Å². The van der Waals surface area contributed by atoms with Gasteiger partial charge in [0.1, 0.15) is 0 Å². The largest absolute Gasteiger partial charge is 0.433 e. The standard InChI is InChI=1S/C24H39BrO3/c1-16(18-11-12-19-17(15-25)10-8-13-23(18,19)5)9-7-14-24(6)20(26)27-21(28-24)22(2,3)4/h15-16,18-19,21H,7-14H2,1-6H3/b17-15+/t16-,18-,19+,21-,23-,24-/m1/s1. The van der Waals surface area contributed by atoms with Crippen molar-refractivity contribution in [2.24, 2.45) is 28.6 Å². The molecule has 0 N–H and O–H groups in total. The maximum absolute atomic E-state index is 12.4. The van der Waals surface area contributed by atoms with Crippen LogP contribution in [0.2, 0.25) is 0 Å². The van der Waals surface area contributed by atoms with Gasteiger partial charge in [0.25, 0.3) is 0 Å². The lowest BCUT2D eigenvalue weighted by atomic mass is 9.61. The number of carbonyl (C=O) groups is 1. The minimum atomic E-state index is -0.781. The molecule has 160 valence electrons. The zero-order valence-electron chi connectivity index (χ0n) is 18.6. The second kappa shape index (κ2) is 8.06. The monoisotopic (exact) mass is 454 g/mol. The lowest BCUT2D eigenvalue weighted by molar-refractivity contribution is -0.155. The SMILES string of the molecule is C[C@H](CCC[C@@]1(C)O[C@H](C(C)(C)C)OC1=O)[C@H]1CC[C@H]2/C(=C/Br)CCC[C@]12C. The number of ether oxygens (including phenoxy) is 2. The zero-order valence-corrected chi connectivity index (χ0v) is 20.2. The van der Waals surface area contributed by atoms with E-state index in [2.05, 4.69) is 55.5 Å². The summed E-state index contributed by atoms with van der Waals surface area (Å²) < 4.78 is 11.6. The molecule has 4 heteroatoms. The predicted octanol–water partition coefficient (Wildman–Crippen LogP) is 6.99. The van der Waals surface area contributed by atoms with Crippen molar-refractivity contribution in [3.05, 3.63) is 10.6 Å². The molecule has 1 heterocycles. The molecule has 0 unspecified atom stereocenters. The summed E-state index contributed by atoms with van der Waals surface area (Å²) in [7, 11) is 0. The normalized spacial score (nSPS) is 41.2. The fourth-order valence-corrected chi connectivity index (χ4v) is 6.70. The van der Waals surface area contributed by atoms with Crippen molar-refractivity contribution in [3.8, 4) is 0 Å². The Balaban J connectivity index is 1.56. The van der Waals surface area contributed by atoms with Crippen molar-refractivity contribution in [1.29, 1.82) is 0 Å². The predicted molar refractivity (Wildman–Crippen MR) is 117 cm³/mol. The Bertz CT molecular complexity index is 622. The second-order valence-corrected chi connectivity index (χ2v) is 11.6. The van der Waals surface area contributed by atoms with Crippen LogP contribution in [-0.2, 0) is 14.3 Å². The molecule has 1 saturated heterocycles. The number of fused-ring (bicyclic) bond motifs is 1. The first-order chi connectivity index (χ1) is 13.0. The van der Waals surface area contributed by atoms with Gasteiger partial charge < -0.3 is 9.47 Å². The minimum Gasteiger partial charge on any atom is -0.433 e. The van der Waals surface area contributed by atoms with Crippen LogP contribution < -0.4 is 0 Å². The molecular weight excluding hydrogens is 416 g/mol. The van der Waals surface area contributed by atoms with Crippen molar-refractivity contribution in [3.63, 3.8) is 0 Å². The average molecular weight is 455 g/mol. The summed E-state index contributed by atoms with van der Waals surface area (Å²) in [5, 5.41) is 0. The summed E-state index contributed by atoms with van der Waals surface area (Å²) in [4.78, 5) is 14.6. The number of rotatable bonds is 5. The summed E-state index contributed by atoms with van der Waals surface area (Å²) in [6, 6.07) is 0. The summed E-state index contributed by atoms with van der Waals surface area (Å²) in [6.45, 7) is 13.0. The first kappa shape index (κ1) is 22.3. The first-order valence-electron chi connectivity index (χ1n) is 11.2. The molecule has 3 nitrogen and oxygen atoms in total. The molecule has 2 aliphatic carbocycles. The molecular formula is C24H39BrO3. The van der Waals surface area contributed by atoms with Crippen molar-refractivity contribution >= 4 is 21.9 Å². The Kier molecular flexibility index (Phi) is 6.43. The fourth-order valence-electron chi connectivity index (χ4n) is 6.15. The minimum absolute atomic E-state index is 0.185. The third-order valence-electron chi connectivity index (χ3n) is 7.90. The molecule has 0 amide bonds. The number of cyclic esters (lactones) is 1. The van der Waals surface area contributed by atoms with Crippen LogP contribution in [0.15, 0.2) is 10.6 Å². The quantitative estimate of drug-likeness (QED) is 0.419.